The van der Waals surface area contributed by atoms with Crippen molar-refractivity contribution in [3.05, 3.63) is 59.7 Å². The van der Waals surface area contributed by atoms with Crippen LogP contribution in [-0.2, 0) is 15.7 Å². The summed E-state index contributed by atoms with van der Waals surface area (Å²) >= 11 is 0. The van der Waals surface area contributed by atoms with Gasteiger partial charge in [0.1, 0.15) is 10.8 Å². The predicted molar refractivity (Wildman–Crippen MR) is 101 cm³/mol. The lowest BCUT2D eigenvalue weighted by molar-refractivity contribution is 0.187. The van der Waals surface area contributed by atoms with E-state index in [0.717, 1.165) is 17.5 Å². The van der Waals surface area contributed by atoms with E-state index in [1.165, 1.54) is 12.2 Å². The summed E-state index contributed by atoms with van der Waals surface area (Å²) in [5.41, 5.74) is 1.20. The second kappa shape index (κ2) is 6.89. The minimum absolute atomic E-state index is 0.191. The molecule has 1 aliphatic carbocycles. The van der Waals surface area contributed by atoms with Crippen molar-refractivity contribution >= 4 is 16.1 Å². The van der Waals surface area contributed by atoms with Crippen LogP contribution in [0.1, 0.15) is 37.3 Å². The summed E-state index contributed by atoms with van der Waals surface area (Å²) in [6.45, 7) is 5.29. The molecule has 6 nitrogen and oxygen atoms in total. The normalized spacial score (nSPS) is 26.8. The maximum Gasteiger partial charge on any atom is 0.318 e. The Morgan fingerprint density at radius 2 is 1.96 bits per heavy atom. The molecule has 1 aromatic carbocycles. The summed E-state index contributed by atoms with van der Waals surface area (Å²) in [5, 5.41) is 1.72. The van der Waals surface area contributed by atoms with Crippen LogP contribution in [0.3, 0.4) is 0 Å². The van der Waals surface area contributed by atoms with Gasteiger partial charge in [-0.3, -0.25) is 4.55 Å². The molecule has 2 amide bonds. The van der Waals surface area contributed by atoms with Crippen LogP contribution in [0.15, 0.2) is 48.6 Å². The Morgan fingerprint density at radius 3 is 2.50 bits per heavy atom. The maximum absolute atomic E-state index is 12.5. The van der Waals surface area contributed by atoms with E-state index in [-0.39, 0.29) is 11.9 Å². The van der Waals surface area contributed by atoms with Crippen molar-refractivity contribution in [2.24, 2.45) is 0 Å². The molecule has 7 heteroatoms. The second-order valence-electron chi connectivity index (χ2n) is 6.80. The van der Waals surface area contributed by atoms with Crippen LogP contribution >= 0.6 is 0 Å². The Hall–Kier alpha value is -2.12. The highest BCUT2D eigenvalue weighted by Crippen LogP contribution is 2.40. The van der Waals surface area contributed by atoms with E-state index < -0.39 is 20.9 Å². The molecule has 0 radical (unpaired) electrons. The van der Waals surface area contributed by atoms with Crippen LogP contribution in [-0.4, -0.2) is 42.2 Å². The zero-order chi connectivity index (χ0) is 18.9. The highest BCUT2D eigenvalue weighted by Gasteiger charge is 2.43. The fraction of sp³-hybridized carbons (Fsp3) is 0.421. The molecule has 1 fully saturated rings. The average Bonchev–Trinajstić information content (AvgIpc) is 3.07. The van der Waals surface area contributed by atoms with Crippen LogP contribution in [0.5, 0.6) is 0 Å². The second-order valence-corrected chi connectivity index (χ2v) is 8.38. The van der Waals surface area contributed by atoms with Gasteiger partial charge in [0, 0.05) is 13.1 Å². The lowest BCUT2D eigenvalue weighted by atomic mass is 9.78. The summed E-state index contributed by atoms with van der Waals surface area (Å²) < 4.78 is 32.4. The van der Waals surface area contributed by atoms with Gasteiger partial charge in [0.25, 0.3) is 10.1 Å². The van der Waals surface area contributed by atoms with Gasteiger partial charge in [-0.25, -0.2) is 4.79 Å². The predicted octanol–water partition coefficient (Wildman–Crippen LogP) is 2.80. The van der Waals surface area contributed by atoms with Crippen LogP contribution < -0.4 is 5.32 Å². The van der Waals surface area contributed by atoms with Gasteiger partial charge in [-0.05, 0) is 23.5 Å². The van der Waals surface area contributed by atoms with Crippen LogP contribution in [0.4, 0.5) is 4.79 Å². The molecule has 2 aliphatic rings. The summed E-state index contributed by atoms with van der Waals surface area (Å²) in [5.74, 6) is 0.287. The van der Waals surface area contributed by atoms with E-state index in [1.54, 1.807) is 17.1 Å². The largest absolute Gasteiger partial charge is 0.336 e. The first-order chi connectivity index (χ1) is 12.3. The Morgan fingerprint density at radius 1 is 1.31 bits per heavy atom. The van der Waals surface area contributed by atoms with E-state index >= 15 is 0 Å². The Labute approximate surface area is 154 Å². The van der Waals surface area contributed by atoms with Gasteiger partial charge in [-0.2, -0.15) is 8.42 Å². The number of rotatable bonds is 5. The number of hydrogen-bond donors (Lipinski definition) is 2. The first-order valence-electron chi connectivity index (χ1n) is 8.79. The zero-order valence-corrected chi connectivity index (χ0v) is 15.7. The summed E-state index contributed by atoms with van der Waals surface area (Å²) in [7, 11) is -4.22. The fourth-order valence-electron chi connectivity index (χ4n) is 3.64. The zero-order valence-electron chi connectivity index (χ0n) is 14.9. The lowest BCUT2D eigenvalue weighted by Gasteiger charge is -2.40. The molecule has 1 aliphatic heterocycles. The average molecular weight is 376 g/mol. The van der Waals surface area contributed by atoms with Gasteiger partial charge in [0.15, 0.2) is 0 Å². The highest BCUT2D eigenvalue weighted by molar-refractivity contribution is 7.86. The lowest BCUT2D eigenvalue weighted by Crippen LogP contribution is -2.47. The van der Waals surface area contributed by atoms with Crippen molar-refractivity contribution in [2.75, 3.05) is 13.1 Å². The quantitative estimate of drug-likeness (QED) is 0.611. The molecule has 2 N–H and O–H groups in total. The Bertz CT molecular complexity index is 846. The van der Waals surface area contributed by atoms with Gasteiger partial charge in [0.2, 0.25) is 0 Å². The molecule has 1 aromatic rings. The molecular formula is C19H24N2O4S. The maximum atomic E-state index is 12.5. The number of nitrogens with one attached hydrogen (secondary N) is 1. The number of carbonyl (C=O) groups excluding carboxylic acids is 1. The van der Waals surface area contributed by atoms with Crippen molar-refractivity contribution in [3.63, 3.8) is 0 Å². The van der Waals surface area contributed by atoms with Crippen molar-refractivity contribution in [3.8, 4) is 0 Å². The van der Waals surface area contributed by atoms with E-state index in [4.69, 9.17) is 0 Å². The third kappa shape index (κ3) is 3.17. The topological polar surface area (TPSA) is 86.7 Å². The van der Waals surface area contributed by atoms with Crippen LogP contribution in [0.2, 0.25) is 0 Å². The molecule has 140 valence electrons. The number of urea groups is 1. The van der Waals surface area contributed by atoms with E-state index in [9.17, 15) is 17.8 Å². The molecule has 1 heterocycles. The smallest absolute Gasteiger partial charge is 0.318 e. The number of carbonyl (C=O) groups is 1. The molecule has 3 rings (SSSR count). The minimum atomic E-state index is -4.22. The molecule has 1 saturated heterocycles. The van der Waals surface area contributed by atoms with Gasteiger partial charge in [-0.15, -0.1) is 0 Å². The van der Waals surface area contributed by atoms with Gasteiger partial charge in [0.05, 0.1) is 0 Å². The van der Waals surface area contributed by atoms with Crippen molar-refractivity contribution < 1.29 is 17.8 Å². The van der Waals surface area contributed by atoms with Crippen LogP contribution in [0, 0.1) is 0 Å². The molecule has 0 aromatic heterocycles. The molecule has 0 bridgehead atoms. The van der Waals surface area contributed by atoms with E-state index in [1.807, 2.05) is 18.2 Å². The highest BCUT2D eigenvalue weighted by atomic mass is 32.2. The van der Waals surface area contributed by atoms with Crippen molar-refractivity contribution in [1.29, 1.82) is 0 Å². The molecule has 1 unspecified atom stereocenters. The third-order valence-corrected chi connectivity index (χ3v) is 6.27. The van der Waals surface area contributed by atoms with Crippen LogP contribution in [0.25, 0.3) is 0 Å². The first-order valence-corrected chi connectivity index (χ1v) is 10.3. The minimum Gasteiger partial charge on any atom is -0.336 e. The Balaban J connectivity index is 2.16. The molecule has 1 atom stereocenters. The monoisotopic (exact) mass is 376 g/mol. The number of amides is 2. The SMILES string of the molecule is CCC(C)c1ccccc1C1(N2CCNC2=O)C=CC(S(=O)(=O)O)C=C1. The number of hydrogen-bond acceptors (Lipinski definition) is 3. The standard InChI is InChI=1S/C19H24N2O4S/c1-3-14(2)16-6-4-5-7-17(16)19(21-13-12-20-18(21)22)10-8-15(9-11-19)26(23,24)25/h4-11,14-15H,3,12-13H2,1-2H3,(H,20,22)(H,23,24,25). The van der Waals surface area contributed by atoms with Gasteiger partial charge < -0.3 is 10.2 Å². The van der Waals surface area contributed by atoms with Gasteiger partial charge in [-0.1, -0.05) is 62.4 Å². The van der Waals surface area contributed by atoms with E-state index in [2.05, 4.69) is 25.2 Å². The molecule has 0 spiro atoms. The van der Waals surface area contributed by atoms with Gasteiger partial charge >= 0.3 is 6.03 Å². The summed E-state index contributed by atoms with van der Waals surface area (Å²) in [4.78, 5) is 14.2. The molecule has 0 saturated carbocycles. The molecular weight excluding hydrogens is 352 g/mol. The Kier molecular flexibility index (Phi) is 4.94. The number of benzene rings is 1. The van der Waals surface area contributed by atoms with Crippen molar-refractivity contribution in [2.45, 2.75) is 37.0 Å². The number of nitrogens with zero attached hydrogens (tertiary/aromatic N) is 1. The van der Waals surface area contributed by atoms with E-state index in [0.29, 0.717) is 13.1 Å². The first kappa shape index (κ1) is 18.7. The summed E-state index contributed by atoms with van der Waals surface area (Å²) in [6, 6.07) is 7.74. The molecule has 26 heavy (non-hydrogen) atoms. The summed E-state index contributed by atoms with van der Waals surface area (Å²) in [6.07, 6.45) is 7.29. The van der Waals surface area contributed by atoms with Crippen molar-refractivity contribution in [1.82, 2.24) is 10.2 Å². The third-order valence-electron chi connectivity index (χ3n) is 5.26. The fourth-order valence-corrected chi connectivity index (χ4v) is 4.20.